The molecule has 0 aliphatic carbocycles. The lowest BCUT2D eigenvalue weighted by atomic mass is 9.85. The van der Waals surface area contributed by atoms with Crippen LogP contribution in [0.2, 0.25) is 0 Å². The van der Waals surface area contributed by atoms with Crippen molar-refractivity contribution in [3.05, 3.63) is 11.9 Å². The SMILES string of the molecule is COc1cnn(C)c1C(=O)C(C)C1CNC1. The van der Waals surface area contributed by atoms with Gasteiger partial charge in [0, 0.05) is 13.0 Å². The van der Waals surface area contributed by atoms with E-state index >= 15 is 0 Å². The summed E-state index contributed by atoms with van der Waals surface area (Å²) in [5.74, 6) is 1.13. The Morgan fingerprint density at radius 1 is 1.69 bits per heavy atom. The predicted molar refractivity (Wildman–Crippen MR) is 59.6 cm³/mol. The summed E-state index contributed by atoms with van der Waals surface area (Å²) in [5.41, 5.74) is 0.571. The highest BCUT2D eigenvalue weighted by atomic mass is 16.5. The molecule has 0 aromatic carbocycles. The Bertz CT molecular complexity index is 396. The summed E-state index contributed by atoms with van der Waals surface area (Å²) in [7, 11) is 3.32. The highest BCUT2D eigenvalue weighted by Gasteiger charge is 2.32. The smallest absolute Gasteiger partial charge is 0.187 e. The van der Waals surface area contributed by atoms with Crippen molar-refractivity contribution in [2.75, 3.05) is 20.2 Å². The molecule has 1 aliphatic rings. The van der Waals surface area contributed by atoms with Crippen molar-refractivity contribution >= 4 is 5.78 Å². The van der Waals surface area contributed by atoms with Gasteiger partial charge in [0.05, 0.1) is 13.3 Å². The first-order chi connectivity index (χ1) is 7.65. The lowest BCUT2D eigenvalue weighted by Crippen LogP contribution is -2.47. The van der Waals surface area contributed by atoms with E-state index in [0.29, 0.717) is 17.4 Å². The number of carbonyl (C=O) groups excluding carboxylic acids is 1. The van der Waals surface area contributed by atoms with E-state index in [1.165, 1.54) is 0 Å². The van der Waals surface area contributed by atoms with Crippen LogP contribution >= 0.6 is 0 Å². The molecule has 1 unspecified atom stereocenters. The first-order valence-electron chi connectivity index (χ1n) is 5.46. The standard InChI is InChI=1S/C11H17N3O2/c1-7(8-4-12-5-8)11(15)10-9(16-3)6-13-14(10)2/h6-8,12H,4-5H2,1-3H3. The number of nitrogens with one attached hydrogen (secondary N) is 1. The summed E-state index contributed by atoms with van der Waals surface area (Å²) >= 11 is 0. The van der Waals surface area contributed by atoms with Crippen molar-refractivity contribution in [1.82, 2.24) is 15.1 Å². The van der Waals surface area contributed by atoms with E-state index in [1.54, 1.807) is 25.0 Å². The molecule has 1 saturated heterocycles. The van der Waals surface area contributed by atoms with Crippen LogP contribution < -0.4 is 10.1 Å². The van der Waals surface area contributed by atoms with Crippen molar-refractivity contribution < 1.29 is 9.53 Å². The number of hydrogen-bond donors (Lipinski definition) is 1. The van der Waals surface area contributed by atoms with Crippen molar-refractivity contribution in [2.45, 2.75) is 6.92 Å². The van der Waals surface area contributed by atoms with Crippen molar-refractivity contribution in [1.29, 1.82) is 0 Å². The molecular weight excluding hydrogens is 206 g/mol. The number of nitrogens with zero attached hydrogens (tertiary/aromatic N) is 2. The third-order valence-electron chi connectivity index (χ3n) is 3.29. The van der Waals surface area contributed by atoms with Crippen LogP contribution in [0.1, 0.15) is 17.4 Å². The van der Waals surface area contributed by atoms with E-state index < -0.39 is 0 Å². The summed E-state index contributed by atoms with van der Waals surface area (Å²) in [6.07, 6.45) is 1.58. The summed E-state index contributed by atoms with van der Waals surface area (Å²) in [5, 5.41) is 7.23. The number of hydrogen-bond acceptors (Lipinski definition) is 4. The fourth-order valence-electron chi connectivity index (χ4n) is 1.94. The average Bonchev–Trinajstić information content (AvgIpc) is 2.55. The molecule has 0 radical (unpaired) electrons. The van der Waals surface area contributed by atoms with Gasteiger partial charge in [-0.15, -0.1) is 0 Å². The first-order valence-corrected chi connectivity index (χ1v) is 5.46. The second-order valence-corrected chi connectivity index (χ2v) is 4.26. The van der Waals surface area contributed by atoms with Gasteiger partial charge in [-0.1, -0.05) is 6.92 Å². The van der Waals surface area contributed by atoms with Crippen molar-refractivity contribution in [3.8, 4) is 5.75 Å². The number of ether oxygens (including phenoxy) is 1. The Morgan fingerprint density at radius 2 is 2.38 bits per heavy atom. The maximum absolute atomic E-state index is 12.3. The normalized spacial score (nSPS) is 17.9. The molecular formula is C11H17N3O2. The topological polar surface area (TPSA) is 56.2 Å². The highest BCUT2D eigenvalue weighted by molar-refractivity contribution is 5.98. The van der Waals surface area contributed by atoms with Gasteiger partial charge >= 0.3 is 0 Å². The molecule has 1 aromatic rings. The van der Waals surface area contributed by atoms with E-state index in [1.807, 2.05) is 6.92 Å². The van der Waals surface area contributed by atoms with E-state index in [4.69, 9.17) is 4.74 Å². The molecule has 16 heavy (non-hydrogen) atoms. The van der Waals surface area contributed by atoms with Crippen LogP contribution in [0.25, 0.3) is 0 Å². The van der Waals surface area contributed by atoms with Crippen LogP contribution in [0.5, 0.6) is 5.75 Å². The molecule has 1 fully saturated rings. The van der Waals surface area contributed by atoms with Gasteiger partial charge in [0.25, 0.3) is 0 Å². The minimum absolute atomic E-state index is 0.0190. The minimum atomic E-state index is 0.0190. The van der Waals surface area contributed by atoms with Gasteiger partial charge in [-0.25, -0.2) is 0 Å². The van der Waals surface area contributed by atoms with E-state index in [9.17, 15) is 4.79 Å². The zero-order chi connectivity index (χ0) is 11.7. The van der Waals surface area contributed by atoms with Gasteiger partial charge < -0.3 is 10.1 Å². The molecule has 1 aliphatic heterocycles. The first kappa shape index (κ1) is 11.1. The van der Waals surface area contributed by atoms with Gasteiger partial charge in [-0.3, -0.25) is 9.48 Å². The highest BCUT2D eigenvalue weighted by Crippen LogP contribution is 2.25. The van der Waals surface area contributed by atoms with Gasteiger partial charge in [-0.2, -0.15) is 5.10 Å². The fourth-order valence-corrected chi connectivity index (χ4v) is 1.94. The van der Waals surface area contributed by atoms with Crippen LogP contribution in [0.15, 0.2) is 6.20 Å². The zero-order valence-electron chi connectivity index (χ0n) is 9.86. The maximum atomic E-state index is 12.3. The molecule has 1 aromatic heterocycles. The Morgan fingerprint density at radius 3 is 2.88 bits per heavy atom. The summed E-state index contributed by atoms with van der Waals surface area (Å²) in [6, 6.07) is 0. The molecule has 0 amide bonds. The monoisotopic (exact) mass is 223 g/mol. The largest absolute Gasteiger partial charge is 0.493 e. The molecule has 0 spiro atoms. The van der Waals surface area contributed by atoms with Crippen LogP contribution in [0, 0.1) is 11.8 Å². The quantitative estimate of drug-likeness (QED) is 0.754. The summed E-state index contributed by atoms with van der Waals surface area (Å²) < 4.78 is 6.74. The molecule has 5 heteroatoms. The molecule has 2 rings (SSSR count). The van der Waals surface area contributed by atoms with Gasteiger partial charge in [0.2, 0.25) is 0 Å². The Kier molecular flexibility index (Phi) is 2.96. The van der Waals surface area contributed by atoms with Gasteiger partial charge in [0.15, 0.2) is 11.5 Å². The number of ketones is 1. The predicted octanol–water partition coefficient (Wildman–Crippen LogP) is 0.467. The lowest BCUT2D eigenvalue weighted by Gasteiger charge is -2.31. The van der Waals surface area contributed by atoms with Crippen molar-refractivity contribution in [3.63, 3.8) is 0 Å². The zero-order valence-corrected chi connectivity index (χ0v) is 9.86. The third-order valence-corrected chi connectivity index (χ3v) is 3.29. The fraction of sp³-hybridized carbons (Fsp3) is 0.636. The van der Waals surface area contributed by atoms with E-state index in [2.05, 4.69) is 10.4 Å². The summed E-state index contributed by atoms with van der Waals surface area (Å²) in [6.45, 7) is 3.82. The number of aryl methyl sites for hydroxylation is 1. The van der Waals surface area contributed by atoms with E-state index in [0.717, 1.165) is 13.1 Å². The molecule has 88 valence electrons. The molecule has 2 heterocycles. The minimum Gasteiger partial charge on any atom is -0.493 e. The second kappa shape index (κ2) is 4.25. The molecule has 1 atom stereocenters. The van der Waals surface area contributed by atoms with Gasteiger partial charge in [0.1, 0.15) is 5.69 Å². The molecule has 5 nitrogen and oxygen atoms in total. The number of methoxy groups -OCH3 is 1. The summed E-state index contributed by atoms with van der Waals surface area (Å²) in [4.78, 5) is 12.3. The molecule has 0 saturated carbocycles. The van der Waals surface area contributed by atoms with Crippen LogP contribution in [-0.2, 0) is 7.05 Å². The maximum Gasteiger partial charge on any atom is 0.187 e. The van der Waals surface area contributed by atoms with Crippen LogP contribution in [0.4, 0.5) is 0 Å². The second-order valence-electron chi connectivity index (χ2n) is 4.26. The Balaban J connectivity index is 2.21. The van der Waals surface area contributed by atoms with Crippen molar-refractivity contribution in [2.24, 2.45) is 18.9 Å². The van der Waals surface area contributed by atoms with Gasteiger partial charge in [-0.05, 0) is 19.0 Å². The number of rotatable bonds is 4. The average molecular weight is 223 g/mol. The molecule has 0 bridgehead atoms. The number of carbonyl (C=O) groups is 1. The lowest BCUT2D eigenvalue weighted by molar-refractivity contribution is 0.0840. The Labute approximate surface area is 94.8 Å². The van der Waals surface area contributed by atoms with Crippen LogP contribution in [0.3, 0.4) is 0 Å². The molecule has 1 N–H and O–H groups in total. The Hall–Kier alpha value is -1.36. The van der Waals surface area contributed by atoms with E-state index in [-0.39, 0.29) is 11.7 Å². The van der Waals surface area contributed by atoms with Crippen LogP contribution in [-0.4, -0.2) is 35.8 Å². The number of Topliss-reactive ketones (excluding diaryl/α,β-unsaturated/α-hetero) is 1. The third kappa shape index (κ3) is 1.71. The number of aromatic nitrogens is 2.